The number of carboxylic acids is 1. The van der Waals surface area contributed by atoms with Gasteiger partial charge in [-0.15, -0.1) is 5.10 Å². The molecule has 2 N–H and O–H groups in total. The van der Waals surface area contributed by atoms with E-state index >= 15 is 0 Å². The van der Waals surface area contributed by atoms with E-state index in [9.17, 15) is 4.79 Å². The van der Waals surface area contributed by atoms with Crippen LogP contribution in [0.4, 0.5) is 0 Å². The number of rotatable bonds is 9. The number of nitrogens with one attached hydrogen (secondary N) is 1. The first-order valence-corrected chi connectivity index (χ1v) is 12.2. The van der Waals surface area contributed by atoms with Gasteiger partial charge in [0.05, 0.1) is 13.0 Å². The molecule has 0 spiro atoms. The monoisotopic (exact) mass is 493 g/mol. The van der Waals surface area contributed by atoms with E-state index in [0.29, 0.717) is 12.4 Å². The van der Waals surface area contributed by atoms with Crippen LogP contribution >= 0.6 is 0 Å². The summed E-state index contributed by atoms with van der Waals surface area (Å²) in [6.07, 6.45) is 0.934. The van der Waals surface area contributed by atoms with Gasteiger partial charge in [0.15, 0.2) is 17.5 Å². The molecule has 2 heterocycles. The van der Waals surface area contributed by atoms with Gasteiger partial charge in [-0.3, -0.25) is 4.79 Å². The lowest BCUT2D eigenvalue weighted by Crippen LogP contribution is -2.05. The van der Waals surface area contributed by atoms with Gasteiger partial charge in [-0.2, -0.15) is 5.10 Å². The molecule has 2 aromatic heterocycles. The third kappa shape index (κ3) is 5.30. The van der Waals surface area contributed by atoms with Crippen LogP contribution in [0.1, 0.15) is 43.1 Å². The zero-order valence-corrected chi connectivity index (χ0v) is 20.7. The predicted octanol–water partition coefficient (Wildman–Crippen LogP) is 4.98. The number of aromatic amines is 1. The molecule has 37 heavy (non-hydrogen) atoms. The third-order valence-corrected chi connectivity index (χ3v) is 6.43. The zero-order valence-electron chi connectivity index (χ0n) is 20.7. The standard InChI is InChI=1S/C28H27N7O2/c1-3-18(2)26-29-28(22-14-8-19(9-15-22)16-25(36)37)35(32-26)17-20-10-12-21(13-11-20)23-6-4-5-7-24(23)27-30-33-34-31-27/h4-15,18H,3,16-17H2,1-2H3,(H,36,37)(H,30,31,33,34). The first-order valence-electron chi connectivity index (χ1n) is 12.2. The van der Waals surface area contributed by atoms with Crippen LogP contribution in [0.25, 0.3) is 33.9 Å². The summed E-state index contributed by atoms with van der Waals surface area (Å²) < 4.78 is 1.93. The molecule has 0 fully saturated rings. The number of benzene rings is 3. The Morgan fingerprint density at radius 3 is 2.27 bits per heavy atom. The number of carbonyl (C=O) groups is 1. The molecule has 5 aromatic rings. The number of nitrogens with zero attached hydrogens (tertiary/aromatic N) is 6. The zero-order chi connectivity index (χ0) is 25.8. The minimum absolute atomic E-state index is 0.00644. The second kappa shape index (κ2) is 10.5. The summed E-state index contributed by atoms with van der Waals surface area (Å²) >= 11 is 0. The average molecular weight is 494 g/mol. The predicted molar refractivity (Wildman–Crippen MR) is 140 cm³/mol. The van der Waals surface area contributed by atoms with Gasteiger partial charge in [0.2, 0.25) is 0 Å². The van der Waals surface area contributed by atoms with E-state index in [-0.39, 0.29) is 12.3 Å². The highest BCUT2D eigenvalue weighted by Crippen LogP contribution is 2.30. The Labute approximate surface area is 214 Å². The number of tetrazole rings is 1. The van der Waals surface area contributed by atoms with E-state index in [0.717, 1.165) is 51.5 Å². The Kier molecular flexibility index (Phi) is 6.85. The number of aliphatic carboxylic acids is 1. The van der Waals surface area contributed by atoms with Gasteiger partial charge in [-0.05, 0) is 39.1 Å². The SMILES string of the molecule is CCC(C)c1nc(-c2ccc(CC(=O)O)cc2)n(Cc2ccc(-c3ccccc3-c3nnn[nH]3)cc2)n1. The van der Waals surface area contributed by atoms with Crippen molar-refractivity contribution in [3.05, 3.63) is 89.7 Å². The van der Waals surface area contributed by atoms with Gasteiger partial charge < -0.3 is 5.11 Å². The lowest BCUT2D eigenvalue weighted by molar-refractivity contribution is -0.136. The molecule has 0 aliphatic rings. The summed E-state index contributed by atoms with van der Waals surface area (Å²) in [5, 5.41) is 28.2. The van der Waals surface area contributed by atoms with Crippen LogP contribution in [0.15, 0.2) is 72.8 Å². The summed E-state index contributed by atoms with van der Waals surface area (Å²) in [5.74, 6) is 1.58. The number of hydrogen-bond donors (Lipinski definition) is 2. The van der Waals surface area contributed by atoms with E-state index in [1.807, 2.05) is 47.1 Å². The molecule has 0 saturated heterocycles. The lowest BCUT2D eigenvalue weighted by Gasteiger charge is -2.10. The maximum absolute atomic E-state index is 11.0. The summed E-state index contributed by atoms with van der Waals surface area (Å²) in [6, 6.07) is 23.9. The molecule has 0 saturated carbocycles. The Hall–Kier alpha value is -4.66. The molecule has 0 amide bonds. The number of aromatic nitrogens is 7. The van der Waals surface area contributed by atoms with Crippen LogP contribution < -0.4 is 0 Å². The maximum Gasteiger partial charge on any atom is 0.307 e. The van der Waals surface area contributed by atoms with Crippen molar-refractivity contribution in [2.45, 2.75) is 39.2 Å². The molecule has 9 nitrogen and oxygen atoms in total. The lowest BCUT2D eigenvalue weighted by atomic mass is 9.98. The van der Waals surface area contributed by atoms with Gasteiger partial charge in [0.1, 0.15) is 0 Å². The Bertz CT molecular complexity index is 1490. The van der Waals surface area contributed by atoms with Gasteiger partial charge >= 0.3 is 5.97 Å². The smallest absolute Gasteiger partial charge is 0.307 e. The maximum atomic E-state index is 11.0. The Balaban J connectivity index is 1.44. The van der Waals surface area contributed by atoms with Crippen LogP contribution in [0, 0.1) is 0 Å². The molecular formula is C28H27N7O2. The van der Waals surface area contributed by atoms with Crippen molar-refractivity contribution in [3.63, 3.8) is 0 Å². The molecule has 0 aliphatic carbocycles. The van der Waals surface area contributed by atoms with Crippen molar-refractivity contribution in [2.75, 3.05) is 0 Å². The fourth-order valence-electron chi connectivity index (χ4n) is 4.20. The fraction of sp³-hybridized carbons (Fsp3) is 0.214. The van der Waals surface area contributed by atoms with Crippen molar-refractivity contribution in [3.8, 4) is 33.9 Å². The van der Waals surface area contributed by atoms with E-state index in [1.54, 1.807) is 0 Å². The van der Waals surface area contributed by atoms with Gasteiger partial charge in [-0.1, -0.05) is 86.6 Å². The average Bonchev–Trinajstić information content (AvgIpc) is 3.60. The normalized spacial score (nSPS) is 11.9. The molecule has 0 bridgehead atoms. The van der Waals surface area contributed by atoms with Crippen molar-refractivity contribution < 1.29 is 9.90 Å². The second-order valence-electron chi connectivity index (χ2n) is 9.02. The highest BCUT2D eigenvalue weighted by Gasteiger charge is 2.17. The minimum atomic E-state index is -0.849. The van der Waals surface area contributed by atoms with Crippen molar-refractivity contribution in [2.24, 2.45) is 0 Å². The second-order valence-corrected chi connectivity index (χ2v) is 9.02. The summed E-state index contributed by atoms with van der Waals surface area (Å²) in [5.41, 5.74) is 5.78. The molecule has 1 atom stereocenters. The number of H-pyrrole nitrogens is 1. The van der Waals surface area contributed by atoms with Crippen LogP contribution in [-0.2, 0) is 17.8 Å². The molecule has 3 aromatic carbocycles. The first-order chi connectivity index (χ1) is 18.0. The number of hydrogen-bond acceptors (Lipinski definition) is 6. The molecule has 9 heteroatoms. The minimum Gasteiger partial charge on any atom is -0.481 e. The summed E-state index contributed by atoms with van der Waals surface area (Å²) in [4.78, 5) is 15.9. The van der Waals surface area contributed by atoms with Crippen LogP contribution in [-0.4, -0.2) is 46.5 Å². The molecule has 0 aliphatic heterocycles. The van der Waals surface area contributed by atoms with Crippen molar-refractivity contribution in [1.82, 2.24) is 35.4 Å². The van der Waals surface area contributed by atoms with Crippen molar-refractivity contribution in [1.29, 1.82) is 0 Å². The topological polar surface area (TPSA) is 122 Å². The molecule has 0 radical (unpaired) electrons. The first kappa shape index (κ1) is 24.1. The third-order valence-electron chi connectivity index (χ3n) is 6.43. The Morgan fingerprint density at radius 1 is 0.946 bits per heavy atom. The van der Waals surface area contributed by atoms with E-state index < -0.39 is 5.97 Å². The van der Waals surface area contributed by atoms with Crippen LogP contribution in [0.3, 0.4) is 0 Å². The van der Waals surface area contributed by atoms with E-state index in [4.69, 9.17) is 15.2 Å². The highest BCUT2D eigenvalue weighted by molar-refractivity contribution is 5.80. The van der Waals surface area contributed by atoms with Crippen LogP contribution in [0.5, 0.6) is 0 Å². The molecule has 186 valence electrons. The molecule has 5 rings (SSSR count). The van der Waals surface area contributed by atoms with E-state index in [1.165, 1.54) is 0 Å². The number of carboxylic acid groups (broad SMARTS) is 1. The Morgan fingerprint density at radius 2 is 1.62 bits per heavy atom. The van der Waals surface area contributed by atoms with Gasteiger partial charge in [-0.25, -0.2) is 14.8 Å². The fourth-order valence-corrected chi connectivity index (χ4v) is 4.20. The van der Waals surface area contributed by atoms with Crippen LogP contribution in [0.2, 0.25) is 0 Å². The molecule has 1 unspecified atom stereocenters. The largest absolute Gasteiger partial charge is 0.481 e. The quantitative estimate of drug-likeness (QED) is 0.297. The molecular weight excluding hydrogens is 466 g/mol. The summed E-state index contributed by atoms with van der Waals surface area (Å²) in [6.45, 7) is 4.80. The highest BCUT2D eigenvalue weighted by atomic mass is 16.4. The van der Waals surface area contributed by atoms with Gasteiger partial charge in [0, 0.05) is 17.0 Å². The van der Waals surface area contributed by atoms with E-state index in [2.05, 4.69) is 64.8 Å². The van der Waals surface area contributed by atoms with Crippen molar-refractivity contribution >= 4 is 5.97 Å². The summed E-state index contributed by atoms with van der Waals surface area (Å²) in [7, 11) is 0. The van der Waals surface area contributed by atoms with Gasteiger partial charge in [0.25, 0.3) is 0 Å².